The van der Waals surface area contributed by atoms with E-state index in [1.807, 2.05) is 50.2 Å². The molecule has 4 aromatic carbocycles. The van der Waals surface area contributed by atoms with Crippen molar-refractivity contribution < 1.29 is 41.8 Å². The standard InChI is InChI=1S/C47H40BrF3N4O6/c1-4-6-22-54-41(29-12-8-10-14-33(29)60-3)38-36(46(54)59)40(53-44(38)57)31-24-26(16-21-32(31)48)25-61-34-15-11-9-13-30(34)42-37-35(45(58)55(42)23-7-5-2)39(52-43(37)56)27-17-19-28(20-18-27)47(49,50)51/h8-21,24H,4-7,22-23,25H2,1-3H3,(H,52,56)(H,53,57). The lowest BCUT2D eigenvalue weighted by atomic mass is 10.0. The summed E-state index contributed by atoms with van der Waals surface area (Å²) >= 11 is 3.64. The Labute approximate surface area is 358 Å². The summed E-state index contributed by atoms with van der Waals surface area (Å²) < 4.78 is 52.9. The van der Waals surface area contributed by atoms with E-state index in [-0.39, 0.29) is 46.1 Å². The minimum atomic E-state index is -4.55. The number of carbonyl (C=O) groups is 4. The minimum Gasteiger partial charge on any atom is -0.496 e. The van der Waals surface area contributed by atoms with E-state index in [0.717, 1.165) is 31.4 Å². The molecule has 14 heteroatoms. The third-order valence-electron chi connectivity index (χ3n) is 11.0. The molecule has 4 amide bonds. The molecule has 10 nitrogen and oxygen atoms in total. The Morgan fingerprint density at radius 1 is 0.639 bits per heavy atom. The molecule has 0 unspecified atom stereocenters. The van der Waals surface area contributed by atoms with Gasteiger partial charge in [-0.1, -0.05) is 85.1 Å². The average molecular weight is 894 g/mol. The lowest BCUT2D eigenvalue weighted by Gasteiger charge is -2.23. The SMILES string of the molecule is CCCCN1C(=O)C2=C(c3ccc(C(F)(F)F)cc3)NC(=O)C2=C1c1ccccc1OCc1ccc(Br)c(C2=C3C(=O)N(CCCC)C(c4ccccc4OC)=C3C(=O)N2)c1. The maximum Gasteiger partial charge on any atom is 0.416 e. The van der Waals surface area contributed by atoms with Gasteiger partial charge in [0, 0.05) is 34.3 Å². The van der Waals surface area contributed by atoms with Gasteiger partial charge in [-0.15, -0.1) is 0 Å². The average Bonchev–Trinajstić information content (AvgIpc) is 3.96. The van der Waals surface area contributed by atoms with Crippen LogP contribution in [0.25, 0.3) is 22.8 Å². The van der Waals surface area contributed by atoms with E-state index >= 15 is 0 Å². The number of fused-ring (bicyclic) bond motifs is 2. The van der Waals surface area contributed by atoms with Crippen LogP contribution < -0.4 is 20.1 Å². The van der Waals surface area contributed by atoms with Gasteiger partial charge in [0.05, 0.1) is 57.8 Å². The highest BCUT2D eigenvalue weighted by Crippen LogP contribution is 2.47. The zero-order valence-electron chi connectivity index (χ0n) is 33.5. The van der Waals surface area contributed by atoms with Gasteiger partial charge in [-0.3, -0.25) is 19.2 Å². The number of nitrogens with one attached hydrogen (secondary N) is 2. The molecule has 0 spiro atoms. The van der Waals surface area contributed by atoms with Crippen LogP contribution in [0.5, 0.6) is 11.5 Å². The smallest absolute Gasteiger partial charge is 0.416 e. The number of methoxy groups -OCH3 is 1. The molecule has 4 aliphatic heterocycles. The first-order chi connectivity index (χ1) is 29.4. The Kier molecular flexibility index (Phi) is 11.2. The van der Waals surface area contributed by atoms with Gasteiger partial charge in [-0.05, 0) is 72.5 Å². The van der Waals surface area contributed by atoms with Crippen LogP contribution in [0.4, 0.5) is 13.2 Å². The molecule has 0 radical (unpaired) electrons. The van der Waals surface area contributed by atoms with Crippen molar-refractivity contribution in [3.63, 3.8) is 0 Å². The molecule has 0 fully saturated rings. The molecule has 0 saturated carbocycles. The molecular weight excluding hydrogens is 853 g/mol. The second-order valence-corrected chi connectivity index (χ2v) is 15.7. The molecule has 0 aliphatic carbocycles. The van der Waals surface area contributed by atoms with Crippen molar-refractivity contribution in [3.8, 4) is 11.5 Å². The van der Waals surface area contributed by atoms with Gasteiger partial charge in [0.15, 0.2) is 0 Å². The maximum absolute atomic E-state index is 14.3. The molecule has 0 saturated heterocycles. The molecule has 4 aromatic rings. The van der Waals surface area contributed by atoms with Crippen molar-refractivity contribution in [1.82, 2.24) is 20.4 Å². The molecular formula is C47H40BrF3N4O6. The normalized spacial score (nSPS) is 16.3. The van der Waals surface area contributed by atoms with E-state index in [9.17, 15) is 32.3 Å². The van der Waals surface area contributed by atoms with Crippen LogP contribution in [-0.4, -0.2) is 53.6 Å². The number of rotatable bonds is 14. The fraction of sp³-hybridized carbons (Fsp3) is 0.234. The topological polar surface area (TPSA) is 117 Å². The van der Waals surface area contributed by atoms with Crippen molar-refractivity contribution in [2.24, 2.45) is 0 Å². The molecule has 0 aromatic heterocycles. The van der Waals surface area contributed by atoms with E-state index in [4.69, 9.17) is 9.47 Å². The van der Waals surface area contributed by atoms with Crippen molar-refractivity contribution in [1.29, 1.82) is 0 Å². The van der Waals surface area contributed by atoms with Crippen LogP contribution in [0.3, 0.4) is 0 Å². The first-order valence-electron chi connectivity index (χ1n) is 19.9. The van der Waals surface area contributed by atoms with E-state index < -0.39 is 29.5 Å². The van der Waals surface area contributed by atoms with Gasteiger partial charge in [-0.25, -0.2) is 0 Å². The number of ether oxygens (including phenoxy) is 2. The number of unbranched alkanes of at least 4 members (excludes halogenated alkanes) is 2. The summed E-state index contributed by atoms with van der Waals surface area (Å²) in [6.45, 7) is 4.75. The van der Waals surface area contributed by atoms with Crippen LogP contribution in [0.1, 0.15) is 72.9 Å². The highest BCUT2D eigenvalue weighted by atomic mass is 79.9. The van der Waals surface area contributed by atoms with Gasteiger partial charge in [0.2, 0.25) is 0 Å². The predicted octanol–water partition coefficient (Wildman–Crippen LogP) is 8.84. The largest absolute Gasteiger partial charge is 0.496 e. The third-order valence-corrected chi connectivity index (χ3v) is 11.7. The number of carbonyl (C=O) groups excluding carboxylic acids is 4. The molecule has 312 valence electrons. The van der Waals surface area contributed by atoms with Gasteiger partial charge < -0.3 is 29.9 Å². The summed E-state index contributed by atoms with van der Waals surface area (Å²) in [4.78, 5) is 59.3. The van der Waals surface area contributed by atoms with Crippen LogP contribution in [0.15, 0.2) is 118 Å². The molecule has 61 heavy (non-hydrogen) atoms. The highest BCUT2D eigenvalue weighted by Gasteiger charge is 2.47. The summed E-state index contributed by atoms with van der Waals surface area (Å²) in [6, 6.07) is 24.1. The monoisotopic (exact) mass is 892 g/mol. The Morgan fingerprint density at radius 2 is 1.16 bits per heavy atom. The molecule has 4 aliphatic rings. The number of benzene rings is 4. The Hall–Kier alpha value is -6.41. The van der Waals surface area contributed by atoms with Gasteiger partial charge >= 0.3 is 6.18 Å². The third kappa shape index (κ3) is 7.32. The number of halogens is 4. The number of hydrogen-bond donors (Lipinski definition) is 2. The predicted molar refractivity (Wildman–Crippen MR) is 227 cm³/mol. The second-order valence-electron chi connectivity index (χ2n) is 14.9. The first-order valence-corrected chi connectivity index (χ1v) is 20.7. The molecule has 4 heterocycles. The summed E-state index contributed by atoms with van der Waals surface area (Å²) in [5, 5.41) is 5.71. The second kappa shape index (κ2) is 16.6. The van der Waals surface area contributed by atoms with Crippen LogP contribution in [0, 0.1) is 0 Å². The van der Waals surface area contributed by atoms with E-state index in [2.05, 4.69) is 26.6 Å². The Morgan fingerprint density at radius 3 is 1.72 bits per heavy atom. The number of para-hydroxylation sites is 2. The van der Waals surface area contributed by atoms with Crippen LogP contribution >= 0.6 is 15.9 Å². The number of alkyl halides is 3. The van der Waals surface area contributed by atoms with Gasteiger partial charge in [0.25, 0.3) is 23.6 Å². The van der Waals surface area contributed by atoms with E-state index in [1.54, 1.807) is 47.2 Å². The lowest BCUT2D eigenvalue weighted by molar-refractivity contribution is -0.137. The number of amides is 4. The summed E-state index contributed by atoms with van der Waals surface area (Å²) in [5.41, 5.74) is 3.92. The number of hydrogen-bond acceptors (Lipinski definition) is 6. The fourth-order valence-electron chi connectivity index (χ4n) is 8.08. The highest BCUT2D eigenvalue weighted by molar-refractivity contribution is 9.10. The van der Waals surface area contributed by atoms with Crippen molar-refractivity contribution >= 4 is 62.3 Å². The summed E-state index contributed by atoms with van der Waals surface area (Å²) in [7, 11) is 1.55. The Bertz CT molecular complexity index is 2650. The van der Waals surface area contributed by atoms with E-state index in [0.29, 0.717) is 74.8 Å². The zero-order chi connectivity index (χ0) is 43.2. The molecule has 2 N–H and O–H groups in total. The van der Waals surface area contributed by atoms with Crippen molar-refractivity contribution in [2.45, 2.75) is 52.3 Å². The molecule has 8 rings (SSSR count). The van der Waals surface area contributed by atoms with Crippen LogP contribution in [0.2, 0.25) is 0 Å². The molecule has 0 bridgehead atoms. The van der Waals surface area contributed by atoms with Crippen molar-refractivity contribution in [3.05, 3.63) is 151 Å². The van der Waals surface area contributed by atoms with Gasteiger partial charge in [0.1, 0.15) is 18.1 Å². The van der Waals surface area contributed by atoms with Crippen LogP contribution in [-0.2, 0) is 32.0 Å². The Balaban J connectivity index is 1.16. The first kappa shape index (κ1) is 41.3. The fourth-order valence-corrected chi connectivity index (χ4v) is 8.53. The minimum absolute atomic E-state index is 0.0246. The van der Waals surface area contributed by atoms with Crippen molar-refractivity contribution in [2.75, 3.05) is 20.2 Å². The summed E-state index contributed by atoms with van der Waals surface area (Å²) in [5.74, 6) is -0.774. The maximum atomic E-state index is 14.3. The van der Waals surface area contributed by atoms with E-state index in [1.165, 1.54) is 12.1 Å². The lowest BCUT2D eigenvalue weighted by Crippen LogP contribution is -2.28. The zero-order valence-corrected chi connectivity index (χ0v) is 35.1. The molecule has 0 atom stereocenters. The summed E-state index contributed by atoms with van der Waals surface area (Å²) in [6.07, 6.45) is -1.60. The quantitative estimate of drug-likeness (QED) is 0.131. The van der Waals surface area contributed by atoms with Gasteiger partial charge in [-0.2, -0.15) is 13.2 Å². The number of nitrogens with zero attached hydrogens (tertiary/aromatic N) is 2.